The number of amides is 1. The van der Waals surface area contributed by atoms with Gasteiger partial charge in [-0.15, -0.1) is 11.3 Å². The maximum Gasteiger partial charge on any atom is 0.251 e. The molecular weight excluding hydrogens is 538 g/mol. The van der Waals surface area contributed by atoms with Crippen LogP contribution in [-0.2, 0) is 16.4 Å². The molecular formula is C29H29F2N3OP2S. The van der Waals surface area contributed by atoms with E-state index in [-0.39, 0.29) is 11.5 Å². The molecule has 1 aromatic heterocycles. The van der Waals surface area contributed by atoms with Gasteiger partial charge in [0.25, 0.3) is 5.91 Å². The predicted octanol–water partition coefficient (Wildman–Crippen LogP) is 7.35. The lowest BCUT2D eigenvalue weighted by molar-refractivity contribution is -0.120. The van der Waals surface area contributed by atoms with Gasteiger partial charge in [0.15, 0.2) is 10.3 Å². The first-order valence-electron chi connectivity index (χ1n) is 11.9. The smallest absolute Gasteiger partial charge is 0.251 e. The van der Waals surface area contributed by atoms with Crippen molar-refractivity contribution in [3.8, 4) is 11.3 Å². The highest BCUT2D eigenvalue weighted by Crippen LogP contribution is 2.41. The van der Waals surface area contributed by atoms with Crippen LogP contribution in [0.4, 0.5) is 13.9 Å². The fourth-order valence-corrected chi connectivity index (χ4v) is 5.38. The zero-order valence-electron chi connectivity index (χ0n) is 21.1. The number of carbonyl (C=O) groups is 1. The number of nitrogens with one attached hydrogen (secondary N) is 2. The summed E-state index contributed by atoms with van der Waals surface area (Å²) in [6, 6.07) is 24.1. The van der Waals surface area contributed by atoms with Gasteiger partial charge in [0, 0.05) is 28.1 Å². The maximum atomic E-state index is 14.5. The van der Waals surface area contributed by atoms with E-state index in [0.29, 0.717) is 22.8 Å². The number of nitrogens with zero attached hydrogens (tertiary/aromatic N) is 1. The molecule has 2 atom stereocenters. The molecule has 1 amide bonds. The molecule has 0 spiro atoms. The van der Waals surface area contributed by atoms with E-state index in [1.165, 1.54) is 23.5 Å². The highest BCUT2D eigenvalue weighted by atomic mass is 32.1. The van der Waals surface area contributed by atoms with Crippen LogP contribution in [0.5, 0.6) is 0 Å². The van der Waals surface area contributed by atoms with Gasteiger partial charge in [-0.05, 0) is 31.0 Å². The summed E-state index contributed by atoms with van der Waals surface area (Å²) in [6.07, 6.45) is 0.686. The molecule has 38 heavy (non-hydrogen) atoms. The Labute approximate surface area is 230 Å². The van der Waals surface area contributed by atoms with Gasteiger partial charge in [0.1, 0.15) is 11.4 Å². The van der Waals surface area contributed by atoms with E-state index < -0.39 is 16.5 Å². The molecule has 0 aliphatic heterocycles. The highest BCUT2D eigenvalue weighted by Gasteiger charge is 2.30. The second-order valence-corrected chi connectivity index (χ2v) is 12.9. The molecule has 196 valence electrons. The third-order valence-electron chi connectivity index (χ3n) is 5.93. The van der Waals surface area contributed by atoms with Gasteiger partial charge in [0.05, 0.1) is 5.69 Å². The number of alkyl halides is 1. The number of carbonyl (C=O) groups excluding carboxylic acids is 1. The molecule has 4 nitrogen and oxygen atoms in total. The molecule has 3 aromatic carbocycles. The molecule has 4 rings (SSSR count). The number of rotatable bonds is 9. The fraction of sp³-hybridized carbons (Fsp3) is 0.172. The molecule has 0 saturated heterocycles. The van der Waals surface area contributed by atoms with Crippen LogP contribution in [0, 0.1) is 5.82 Å². The molecule has 0 fully saturated rings. The lowest BCUT2D eigenvalue weighted by Crippen LogP contribution is -2.48. The van der Waals surface area contributed by atoms with Crippen LogP contribution in [0.1, 0.15) is 35.4 Å². The minimum atomic E-state index is -1.97. The molecule has 0 aliphatic carbocycles. The van der Waals surface area contributed by atoms with Crippen LogP contribution in [0.3, 0.4) is 0 Å². The van der Waals surface area contributed by atoms with Gasteiger partial charge in [-0.3, -0.25) is 10.1 Å². The summed E-state index contributed by atoms with van der Waals surface area (Å²) in [5.74, 6) is -1.03. The maximum absolute atomic E-state index is 14.5. The first-order chi connectivity index (χ1) is 17.9. The van der Waals surface area contributed by atoms with E-state index >= 15 is 0 Å². The normalized spacial score (nSPS) is 11.7. The summed E-state index contributed by atoms with van der Waals surface area (Å²) in [6.45, 7) is 7.36. The zero-order valence-corrected chi connectivity index (χ0v) is 24.2. The van der Waals surface area contributed by atoms with Crippen molar-refractivity contribution in [2.24, 2.45) is 0 Å². The number of hydrogen-bond donors (Lipinski definition) is 2. The van der Waals surface area contributed by atoms with Crippen molar-refractivity contribution in [1.29, 1.82) is 0 Å². The Morgan fingerprint density at radius 3 is 2.26 bits per heavy atom. The third kappa shape index (κ3) is 6.71. The largest absolute Gasteiger partial charge is 0.372 e. The second kappa shape index (κ2) is 11.4. The van der Waals surface area contributed by atoms with E-state index in [2.05, 4.69) is 29.3 Å². The number of aromatic nitrogens is 1. The highest BCUT2D eigenvalue weighted by molar-refractivity contribution is 7.38. The molecule has 1 heterocycles. The van der Waals surface area contributed by atoms with Gasteiger partial charge in [0.2, 0.25) is 0 Å². The van der Waals surface area contributed by atoms with E-state index in [9.17, 15) is 13.6 Å². The van der Waals surface area contributed by atoms with Crippen molar-refractivity contribution in [2.45, 2.75) is 31.0 Å². The van der Waals surface area contributed by atoms with Gasteiger partial charge in [-0.25, -0.2) is 13.8 Å². The molecule has 0 radical (unpaired) electrons. The topological polar surface area (TPSA) is 54.0 Å². The number of benzene rings is 3. The number of hydrogen-bond acceptors (Lipinski definition) is 4. The summed E-state index contributed by atoms with van der Waals surface area (Å²) in [5.41, 5.74) is 2.49. The van der Waals surface area contributed by atoms with Gasteiger partial charge in [-0.1, -0.05) is 97.9 Å². The Morgan fingerprint density at radius 1 is 1.03 bits per heavy atom. The van der Waals surface area contributed by atoms with E-state index in [0.717, 1.165) is 21.7 Å². The van der Waals surface area contributed by atoms with Gasteiger partial charge >= 0.3 is 0 Å². The number of thiazole rings is 1. The van der Waals surface area contributed by atoms with E-state index in [4.69, 9.17) is 4.98 Å². The Kier molecular flexibility index (Phi) is 8.42. The summed E-state index contributed by atoms with van der Waals surface area (Å²) in [5, 5.41) is 4.51. The first-order valence-corrected chi connectivity index (χ1v) is 13.9. The fourth-order valence-electron chi connectivity index (χ4n) is 3.90. The first kappa shape index (κ1) is 28.0. The van der Waals surface area contributed by atoms with Gasteiger partial charge < -0.3 is 5.32 Å². The molecule has 9 heteroatoms. The Hall–Kier alpha value is -2.98. The summed E-state index contributed by atoms with van der Waals surface area (Å²) < 4.78 is 28.6. The molecule has 0 bridgehead atoms. The summed E-state index contributed by atoms with van der Waals surface area (Å²) >= 11 is 1.43. The van der Waals surface area contributed by atoms with Crippen LogP contribution in [-0.4, -0.2) is 16.4 Å². The Morgan fingerprint density at radius 2 is 1.66 bits per heavy atom. The molecule has 2 N–H and O–H groups in total. The molecule has 4 aromatic rings. The van der Waals surface area contributed by atoms with Gasteiger partial charge in [-0.2, -0.15) is 0 Å². The predicted molar refractivity (Wildman–Crippen MR) is 160 cm³/mol. The van der Waals surface area contributed by atoms with Crippen molar-refractivity contribution >= 4 is 46.6 Å². The minimum Gasteiger partial charge on any atom is -0.372 e. The lowest BCUT2D eigenvalue weighted by atomic mass is 10.0. The Bertz CT molecular complexity index is 1450. The van der Waals surface area contributed by atoms with Crippen LogP contribution in [0.15, 0.2) is 85.4 Å². The molecule has 0 saturated carbocycles. The van der Waals surface area contributed by atoms with E-state index in [1.807, 2.05) is 67.0 Å². The lowest BCUT2D eigenvalue weighted by Gasteiger charge is -2.27. The van der Waals surface area contributed by atoms with Crippen molar-refractivity contribution in [3.05, 3.63) is 113 Å². The Balaban J connectivity index is 1.53. The molecule has 2 unspecified atom stereocenters. The van der Waals surface area contributed by atoms with Crippen molar-refractivity contribution in [3.63, 3.8) is 0 Å². The monoisotopic (exact) mass is 567 g/mol. The third-order valence-corrected chi connectivity index (χ3v) is 7.53. The number of anilines is 1. The van der Waals surface area contributed by atoms with Crippen LogP contribution < -0.4 is 10.6 Å². The van der Waals surface area contributed by atoms with Crippen LogP contribution >= 0.6 is 29.8 Å². The standard InChI is InChI=1S/C29H29F2N3OP2S/c1-18(21-14-15-22(23(30)17-21)29(31,36)37)34-28(2,3)26(35)33-27-32-25(20-12-8-5-9-13-20)24(38-27)16-19-10-6-4-7-11-19/h4-15,17,34H,1,16,36-37H2,2-3H3,(H,32,33,35). The summed E-state index contributed by atoms with van der Waals surface area (Å²) in [4.78, 5) is 19.1. The van der Waals surface area contributed by atoms with E-state index in [1.54, 1.807) is 19.9 Å². The van der Waals surface area contributed by atoms with Crippen molar-refractivity contribution < 1.29 is 13.6 Å². The van der Waals surface area contributed by atoms with Crippen molar-refractivity contribution in [2.75, 3.05) is 5.32 Å². The summed E-state index contributed by atoms with van der Waals surface area (Å²) in [7, 11) is 3.90. The second-order valence-electron chi connectivity index (χ2n) is 9.46. The average Bonchev–Trinajstić information content (AvgIpc) is 3.26. The quantitative estimate of drug-likeness (QED) is 0.208. The SMILES string of the molecule is C=C(NC(C)(C)C(=O)Nc1nc(-c2ccccc2)c(Cc2ccccc2)s1)c1ccc(C(F)(P)P)c(F)c1. The number of halogens is 2. The zero-order chi connectivity index (χ0) is 27.5. The van der Waals surface area contributed by atoms with Crippen molar-refractivity contribution in [1.82, 2.24) is 10.3 Å². The molecule has 0 aliphatic rings. The average molecular weight is 568 g/mol. The minimum absolute atomic E-state index is 0.106. The van der Waals surface area contributed by atoms with Crippen LogP contribution in [0.25, 0.3) is 17.0 Å². The van der Waals surface area contributed by atoms with Crippen LogP contribution in [0.2, 0.25) is 0 Å².